The molecular formula is C15H16N2O5. The average Bonchev–Trinajstić information content (AvgIpc) is 2.75. The number of benzene rings is 1. The highest BCUT2D eigenvalue weighted by Gasteiger charge is 2.35. The monoisotopic (exact) mass is 304 g/mol. The van der Waals surface area contributed by atoms with Crippen molar-refractivity contribution in [3.8, 4) is 5.75 Å². The first-order valence-electron chi connectivity index (χ1n) is 6.52. The highest BCUT2D eigenvalue weighted by atomic mass is 16.5. The number of imide groups is 1. The van der Waals surface area contributed by atoms with Crippen LogP contribution in [0.25, 0.3) is 6.08 Å². The van der Waals surface area contributed by atoms with Gasteiger partial charge in [-0.2, -0.15) is 0 Å². The summed E-state index contributed by atoms with van der Waals surface area (Å²) >= 11 is 0. The summed E-state index contributed by atoms with van der Waals surface area (Å²) in [6.45, 7) is 1.46. The molecule has 1 aliphatic rings. The highest BCUT2D eigenvalue weighted by Crippen LogP contribution is 2.21. The third kappa shape index (κ3) is 3.08. The molecule has 7 nitrogen and oxygen atoms in total. The molecule has 1 saturated heterocycles. The Morgan fingerprint density at radius 3 is 2.64 bits per heavy atom. The van der Waals surface area contributed by atoms with Crippen molar-refractivity contribution >= 4 is 24.0 Å². The second-order valence-corrected chi connectivity index (χ2v) is 4.68. The highest BCUT2D eigenvalue weighted by molar-refractivity contribution is 6.15. The first-order chi connectivity index (χ1) is 10.5. The van der Waals surface area contributed by atoms with Gasteiger partial charge in [0.25, 0.3) is 5.91 Å². The molecule has 0 aromatic heterocycles. The van der Waals surface area contributed by atoms with Crippen LogP contribution in [0.4, 0.5) is 4.79 Å². The van der Waals surface area contributed by atoms with Crippen molar-refractivity contribution < 1.29 is 23.9 Å². The van der Waals surface area contributed by atoms with Gasteiger partial charge in [-0.3, -0.25) is 9.59 Å². The van der Waals surface area contributed by atoms with Gasteiger partial charge in [0.1, 0.15) is 18.0 Å². The van der Waals surface area contributed by atoms with Crippen LogP contribution in [0.15, 0.2) is 23.9 Å². The maximum Gasteiger partial charge on any atom is 0.329 e. The van der Waals surface area contributed by atoms with Crippen LogP contribution >= 0.6 is 0 Å². The smallest absolute Gasteiger partial charge is 0.329 e. The van der Waals surface area contributed by atoms with Gasteiger partial charge in [-0.15, -0.1) is 0 Å². The summed E-state index contributed by atoms with van der Waals surface area (Å²) in [7, 11) is 2.77. The van der Waals surface area contributed by atoms with Crippen molar-refractivity contribution in [1.29, 1.82) is 0 Å². The molecule has 1 fully saturated rings. The quantitative estimate of drug-likeness (QED) is 0.511. The van der Waals surface area contributed by atoms with Gasteiger partial charge in [-0.25, -0.2) is 9.69 Å². The van der Waals surface area contributed by atoms with E-state index in [9.17, 15) is 14.4 Å². The van der Waals surface area contributed by atoms with E-state index in [1.54, 1.807) is 25.3 Å². The third-order valence-electron chi connectivity index (χ3n) is 3.21. The summed E-state index contributed by atoms with van der Waals surface area (Å²) in [6.07, 6.45) is 1.55. The lowest BCUT2D eigenvalue weighted by molar-refractivity contribution is -0.143. The van der Waals surface area contributed by atoms with E-state index in [1.807, 2.05) is 13.0 Å². The lowest BCUT2D eigenvalue weighted by atomic mass is 10.1. The zero-order valence-electron chi connectivity index (χ0n) is 12.5. The summed E-state index contributed by atoms with van der Waals surface area (Å²) in [5.41, 5.74) is 1.75. The van der Waals surface area contributed by atoms with E-state index in [-0.39, 0.29) is 5.70 Å². The first kappa shape index (κ1) is 15.6. The Labute approximate surface area is 127 Å². The summed E-state index contributed by atoms with van der Waals surface area (Å²) in [5, 5.41) is 2.44. The summed E-state index contributed by atoms with van der Waals surface area (Å²) in [5.74, 6) is -0.495. The number of carbonyl (C=O) groups is 3. The lowest BCUT2D eigenvalue weighted by Crippen LogP contribution is -2.36. The molecule has 1 N–H and O–H groups in total. The average molecular weight is 304 g/mol. The SMILES string of the molecule is COC(=O)CN1C(=O)N/C(=C/c2ccc(OC)c(C)c2)C1=O. The molecule has 116 valence electrons. The molecule has 1 aromatic rings. The van der Waals surface area contributed by atoms with Gasteiger partial charge in [-0.05, 0) is 36.3 Å². The van der Waals surface area contributed by atoms with Crippen LogP contribution in [0.2, 0.25) is 0 Å². The fraction of sp³-hybridized carbons (Fsp3) is 0.267. The molecule has 1 heterocycles. The number of nitrogens with zero attached hydrogens (tertiary/aromatic N) is 1. The van der Waals surface area contributed by atoms with Crippen LogP contribution in [-0.2, 0) is 14.3 Å². The van der Waals surface area contributed by atoms with Crippen LogP contribution in [0.5, 0.6) is 5.75 Å². The van der Waals surface area contributed by atoms with Crippen LogP contribution in [-0.4, -0.2) is 43.6 Å². The molecule has 0 bridgehead atoms. The van der Waals surface area contributed by atoms with Gasteiger partial charge in [0, 0.05) is 0 Å². The number of carbonyl (C=O) groups excluding carboxylic acids is 3. The van der Waals surface area contributed by atoms with Crippen LogP contribution in [0.1, 0.15) is 11.1 Å². The fourth-order valence-electron chi connectivity index (χ4n) is 2.07. The molecule has 0 aliphatic carbocycles. The van der Waals surface area contributed by atoms with E-state index < -0.39 is 24.5 Å². The maximum atomic E-state index is 12.1. The van der Waals surface area contributed by atoms with Gasteiger partial charge in [-0.1, -0.05) is 6.07 Å². The van der Waals surface area contributed by atoms with Gasteiger partial charge >= 0.3 is 12.0 Å². The zero-order chi connectivity index (χ0) is 16.3. The van der Waals surface area contributed by atoms with E-state index >= 15 is 0 Å². The van der Waals surface area contributed by atoms with Crippen molar-refractivity contribution in [3.05, 3.63) is 35.0 Å². The number of urea groups is 1. The third-order valence-corrected chi connectivity index (χ3v) is 3.21. The molecule has 0 atom stereocenters. The van der Waals surface area contributed by atoms with Crippen molar-refractivity contribution in [2.75, 3.05) is 20.8 Å². The standard InChI is InChI=1S/C15H16N2O5/c1-9-6-10(4-5-12(9)21-2)7-11-14(19)17(15(20)16-11)8-13(18)22-3/h4-7H,8H2,1-3H3,(H,16,20)/b11-7+. The number of nitrogens with one attached hydrogen (secondary N) is 1. The van der Waals surface area contributed by atoms with Crippen molar-refractivity contribution in [3.63, 3.8) is 0 Å². The minimum absolute atomic E-state index is 0.110. The van der Waals surface area contributed by atoms with E-state index in [2.05, 4.69) is 10.1 Å². The number of ether oxygens (including phenoxy) is 2. The van der Waals surface area contributed by atoms with Gasteiger partial charge < -0.3 is 14.8 Å². The Hall–Kier alpha value is -2.83. The second-order valence-electron chi connectivity index (χ2n) is 4.68. The number of methoxy groups -OCH3 is 2. The number of hydrogen-bond donors (Lipinski definition) is 1. The molecule has 0 spiro atoms. The minimum atomic E-state index is -0.662. The van der Waals surface area contributed by atoms with Crippen molar-refractivity contribution in [2.24, 2.45) is 0 Å². The van der Waals surface area contributed by atoms with Crippen molar-refractivity contribution in [1.82, 2.24) is 10.2 Å². The van der Waals surface area contributed by atoms with Gasteiger partial charge in [0.05, 0.1) is 14.2 Å². The van der Waals surface area contributed by atoms with Gasteiger partial charge in [0.2, 0.25) is 0 Å². The molecule has 1 aliphatic heterocycles. The largest absolute Gasteiger partial charge is 0.496 e. The molecular weight excluding hydrogens is 288 g/mol. The van der Waals surface area contributed by atoms with E-state index in [0.29, 0.717) is 0 Å². The maximum absolute atomic E-state index is 12.1. The predicted molar refractivity (Wildman–Crippen MR) is 78.0 cm³/mol. The topological polar surface area (TPSA) is 84.9 Å². The fourth-order valence-corrected chi connectivity index (χ4v) is 2.07. The second kappa shape index (κ2) is 6.30. The molecule has 7 heteroatoms. The molecule has 2 rings (SSSR count). The zero-order valence-corrected chi connectivity index (χ0v) is 12.5. The minimum Gasteiger partial charge on any atom is -0.496 e. The van der Waals surface area contributed by atoms with Gasteiger partial charge in [0.15, 0.2) is 0 Å². The first-order valence-corrected chi connectivity index (χ1v) is 6.52. The Morgan fingerprint density at radius 1 is 1.32 bits per heavy atom. The molecule has 3 amide bonds. The molecule has 0 unspecified atom stereocenters. The van der Waals surface area contributed by atoms with Crippen LogP contribution in [0.3, 0.4) is 0 Å². The Balaban J connectivity index is 2.22. The van der Waals surface area contributed by atoms with E-state index in [4.69, 9.17) is 4.74 Å². The Bertz CT molecular complexity index is 666. The summed E-state index contributed by atoms with van der Waals surface area (Å²) < 4.78 is 9.62. The summed E-state index contributed by atoms with van der Waals surface area (Å²) in [4.78, 5) is 35.9. The number of esters is 1. The predicted octanol–water partition coefficient (Wildman–Crippen LogP) is 1.07. The molecule has 1 aromatic carbocycles. The van der Waals surface area contributed by atoms with Crippen LogP contribution < -0.4 is 10.1 Å². The number of amides is 3. The molecule has 0 saturated carbocycles. The van der Waals surface area contributed by atoms with Crippen LogP contribution in [0, 0.1) is 6.92 Å². The van der Waals surface area contributed by atoms with Crippen molar-refractivity contribution in [2.45, 2.75) is 6.92 Å². The lowest BCUT2D eigenvalue weighted by Gasteiger charge is -2.09. The number of aryl methyl sites for hydroxylation is 1. The summed E-state index contributed by atoms with van der Waals surface area (Å²) in [6, 6.07) is 4.72. The molecule has 22 heavy (non-hydrogen) atoms. The Morgan fingerprint density at radius 2 is 2.05 bits per heavy atom. The molecule has 0 radical (unpaired) electrons. The van der Waals surface area contributed by atoms with E-state index in [0.717, 1.165) is 21.8 Å². The van der Waals surface area contributed by atoms with E-state index in [1.165, 1.54) is 7.11 Å². The number of hydrogen-bond acceptors (Lipinski definition) is 5. The number of rotatable bonds is 4. The Kier molecular flexibility index (Phi) is 4.45. The normalized spacial score (nSPS) is 16.0.